The lowest BCUT2D eigenvalue weighted by Crippen LogP contribution is -2.47. The Morgan fingerprint density at radius 2 is 1.84 bits per heavy atom. The Kier molecular flexibility index (Phi) is 4.39. The molecule has 1 heterocycles. The third-order valence-corrected chi connectivity index (χ3v) is 4.20. The number of hydrogen-bond donors (Lipinski definition) is 1. The van der Waals surface area contributed by atoms with Crippen LogP contribution in [0.25, 0.3) is 0 Å². The van der Waals surface area contributed by atoms with Crippen LogP contribution in [0.1, 0.15) is 59.3 Å². The number of ether oxygens (including phenoxy) is 1. The first-order valence-electron chi connectivity index (χ1n) is 7.56. The molecule has 1 N–H and O–H groups in total. The zero-order valence-electron chi connectivity index (χ0n) is 12.4. The van der Waals surface area contributed by atoms with E-state index in [2.05, 4.69) is 0 Å². The molecule has 2 atom stereocenters. The highest BCUT2D eigenvalue weighted by Gasteiger charge is 2.39. The lowest BCUT2D eigenvalue weighted by molar-refractivity contribution is -0.00686. The van der Waals surface area contributed by atoms with Crippen molar-refractivity contribution in [2.75, 3.05) is 6.54 Å². The Bertz CT molecular complexity index is 318. The summed E-state index contributed by atoms with van der Waals surface area (Å²) in [5.74, 6) is 0.369. The van der Waals surface area contributed by atoms with Crippen LogP contribution >= 0.6 is 0 Å². The maximum Gasteiger partial charge on any atom is 0.410 e. The van der Waals surface area contributed by atoms with Gasteiger partial charge in [0.15, 0.2) is 0 Å². The number of likely N-dealkylation sites (tertiary alicyclic amines) is 1. The molecule has 1 amide bonds. The molecule has 4 heteroatoms. The Labute approximate surface area is 116 Å². The lowest BCUT2D eigenvalue weighted by atomic mass is 9.93. The fourth-order valence-electron chi connectivity index (χ4n) is 3.31. The van der Waals surface area contributed by atoms with Crippen molar-refractivity contribution in [3.8, 4) is 0 Å². The average molecular weight is 269 g/mol. The summed E-state index contributed by atoms with van der Waals surface area (Å²) in [7, 11) is 0. The molecule has 0 bridgehead atoms. The van der Waals surface area contributed by atoms with E-state index in [9.17, 15) is 9.90 Å². The lowest BCUT2D eigenvalue weighted by Gasteiger charge is -2.33. The molecule has 1 saturated heterocycles. The molecule has 0 spiro atoms. The third kappa shape index (κ3) is 3.62. The van der Waals surface area contributed by atoms with E-state index < -0.39 is 5.60 Å². The molecule has 2 aliphatic rings. The second kappa shape index (κ2) is 5.70. The van der Waals surface area contributed by atoms with Gasteiger partial charge in [-0.05, 0) is 52.4 Å². The molecule has 19 heavy (non-hydrogen) atoms. The predicted octanol–water partition coefficient (Wildman–Crippen LogP) is 2.94. The Balaban J connectivity index is 1.97. The number of aliphatic hydroxyl groups excluding tert-OH is 1. The summed E-state index contributed by atoms with van der Waals surface area (Å²) in [5, 5.41) is 10.5. The van der Waals surface area contributed by atoms with Crippen LogP contribution in [-0.4, -0.2) is 40.4 Å². The van der Waals surface area contributed by atoms with E-state index in [1.165, 1.54) is 12.8 Å². The normalized spacial score (nSPS) is 26.7. The van der Waals surface area contributed by atoms with Crippen LogP contribution in [0, 0.1) is 5.92 Å². The van der Waals surface area contributed by atoms with Crippen LogP contribution < -0.4 is 0 Å². The third-order valence-electron chi connectivity index (χ3n) is 4.20. The predicted molar refractivity (Wildman–Crippen MR) is 73.9 cm³/mol. The van der Waals surface area contributed by atoms with Gasteiger partial charge in [-0.25, -0.2) is 4.79 Å². The molecule has 2 fully saturated rings. The van der Waals surface area contributed by atoms with Crippen LogP contribution in [-0.2, 0) is 4.74 Å². The van der Waals surface area contributed by atoms with Crippen LogP contribution in [0.4, 0.5) is 4.79 Å². The van der Waals surface area contributed by atoms with Crippen molar-refractivity contribution in [1.29, 1.82) is 0 Å². The summed E-state index contributed by atoms with van der Waals surface area (Å²) in [6.45, 7) is 6.35. The molecule has 2 rings (SSSR count). The zero-order valence-corrected chi connectivity index (χ0v) is 12.4. The van der Waals surface area contributed by atoms with Crippen LogP contribution in [0.2, 0.25) is 0 Å². The van der Waals surface area contributed by atoms with Crippen molar-refractivity contribution in [3.05, 3.63) is 0 Å². The van der Waals surface area contributed by atoms with Crippen molar-refractivity contribution >= 4 is 6.09 Å². The second-order valence-electron chi connectivity index (χ2n) is 6.92. The first-order chi connectivity index (χ1) is 8.88. The zero-order chi connectivity index (χ0) is 14.0. The van der Waals surface area contributed by atoms with Gasteiger partial charge in [-0.1, -0.05) is 12.8 Å². The van der Waals surface area contributed by atoms with Crippen molar-refractivity contribution in [2.45, 2.75) is 77.0 Å². The van der Waals surface area contributed by atoms with Crippen LogP contribution in [0.15, 0.2) is 0 Å². The summed E-state index contributed by atoms with van der Waals surface area (Å²) in [6, 6.07) is -0.0436. The molecule has 110 valence electrons. The number of rotatable bonds is 2. The number of hydrogen-bond acceptors (Lipinski definition) is 3. The van der Waals surface area contributed by atoms with Gasteiger partial charge in [-0.15, -0.1) is 0 Å². The SMILES string of the molecule is CC(C)(C)OC(=O)N1CCC[C@H]1C(O)C1CCCC1. The maximum atomic E-state index is 12.2. The molecule has 0 radical (unpaired) electrons. The number of nitrogens with zero attached hydrogens (tertiary/aromatic N) is 1. The van der Waals surface area contributed by atoms with Gasteiger partial charge in [-0.2, -0.15) is 0 Å². The Hall–Kier alpha value is -0.770. The second-order valence-corrected chi connectivity index (χ2v) is 6.92. The van der Waals surface area contributed by atoms with Crippen molar-refractivity contribution in [2.24, 2.45) is 5.92 Å². The fraction of sp³-hybridized carbons (Fsp3) is 0.933. The summed E-state index contributed by atoms with van der Waals surface area (Å²) in [5.41, 5.74) is -0.470. The maximum absolute atomic E-state index is 12.2. The molecule has 4 nitrogen and oxygen atoms in total. The monoisotopic (exact) mass is 269 g/mol. The van der Waals surface area contributed by atoms with Gasteiger partial charge >= 0.3 is 6.09 Å². The highest BCUT2D eigenvalue weighted by atomic mass is 16.6. The number of amides is 1. The van der Waals surface area contributed by atoms with E-state index in [1.54, 1.807) is 4.90 Å². The molecular formula is C15H27NO3. The minimum absolute atomic E-state index is 0.0436. The van der Waals surface area contributed by atoms with E-state index in [1.807, 2.05) is 20.8 Å². The highest BCUT2D eigenvalue weighted by molar-refractivity contribution is 5.69. The van der Waals surface area contributed by atoms with Gasteiger partial charge in [0.05, 0.1) is 12.1 Å². The largest absolute Gasteiger partial charge is 0.444 e. The van der Waals surface area contributed by atoms with Crippen molar-refractivity contribution in [3.63, 3.8) is 0 Å². The molecule has 0 aromatic heterocycles. The molecular weight excluding hydrogens is 242 g/mol. The van der Waals surface area contributed by atoms with Gasteiger partial charge in [-0.3, -0.25) is 0 Å². The minimum Gasteiger partial charge on any atom is -0.444 e. The molecule has 1 aliphatic heterocycles. The minimum atomic E-state index is -0.470. The van der Waals surface area contributed by atoms with E-state index in [0.717, 1.165) is 25.7 Å². The van der Waals surface area contributed by atoms with Gasteiger partial charge in [0, 0.05) is 6.54 Å². The van der Waals surface area contributed by atoms with Crippen LogP contribution in [0.3, 0.4) is 0 Å². The number of aliphatic hydroxyl groups is 1. The van der Waals surface area contributed by atoms with Crippen molar-refractivity contribution < 1.29 is 14.6 Å². The molecule has 0 aromatic rings. The van der Waals surface area contributed by atoms with Gasteiger partial charge in [0.1, 0.15) is 5.60 Å². The summed E-state index contributed by atoms with van der Waals surface area (Å²) in [4.78, 5) is 13.9. The number of carbonyl (C=O) groups is 1. The Morgan fingerprint density at radius 3 is 2.42 bits per heavy atom. The number of carbonyl (C=O) groups excluding carboxylic acids is 1. The Morgan fingerprint density at radius 1 is 1.21 bits per heavy atom. The molecule has 0 aromatic carbocycles. The smallest absolute Gasteiger partial charge is 0.410 e. The first-order valence-corrected chi connectivity index (χ1v) is 7.56. The summed E-state index contributed by atoms with van der Waals surface area (Å²) in [6.07, 6.45) is 5.83. The molecule has 1 saturated carbocycles. The fourth-order valence-corrected chi connectivity index (χ4v) is 3.31. The standard InChI is InChI=1S/C15H27NO3/c1-15(2,3)19-14(18)16-10-6-9-12(16)13(17)11-7-4-5-8-11/h11-13,17H,4-10H2,1-3H3/t12-,13?/m0/s1. The summed E-state index contributed by atoms with van der Waals surface area (Å²) >= 11 is 0. The molecule has 1 aliphatic carbocycles. The quantitative estimate of drug-likeness (QED) is 0.838. The average Bonchev–Trinajstić information content (AvgIpc) is 2.97. The van der Waals surface area contributed by atoms with E-state index in [-0.39, 0.29) is 18.2 Å². The van der Waals surface area contributed by atoms with Gasteiger partial charge in [0.2, 0.25) is 0 Å². The van der Waals surface area contributed by atoms with E-state index in [4.69, 9.17) is 4.74 Å². The van der Waals surface area contributed by atoms with Crippen LogP contribution in [0.5, 0.6) is 0 Å². The first kappa shape index (κ1) is 14.6. The summed E-state index contributed by atoms with van der Waals surface area (Å²) < 4.78 is 5.44. The van der Waals surface area contributed by atoms with Gasteiger partial charge in [0.25, 0.3) is 0 Å². The van der Waals surface area contributed by atoms with Gasteiger partial charge < -0.3 is 14.7 Å². The van der Waals surface area contributed by atoms with E-state index >= 15 is 0 Å². The highest BCUT2D eigenvalue weighted by Crippen LogP contribution is 2.34. The molecule has 1 unspecified atom stereocenters. The topological polar surface area (TPSA) is 49.8 Å². The van der Waals surface area contributed by atoms with Crippen molar-refractivity contribution in [1.82, 2.24) is 4.90 Å². The van der Waals surface area contributed by atoms with E-state index in [0.29, 0.717) is 12.5 Å².